The summed E-state index contributed by atoms with van der Waals surface area (Å²) in [6, 6.07) is 0. The number of rotatable bonds is 22. The maximum Gasteiger partial charge on any atom is 0.267 e. The first-order valence-electron chi connectivity index (χ1n) is 12.5. The molecule has 176 valence electrons. The van der Waals surface area contributed by atoms with E-state index in [2.05, 4.69) is 6.92 Å². The molecule has 0 bridgehead atoms. The predicted octanol–water partition coefficient (Wildman–Crippen LogP) is 7.45. The van der Waals surface area contributed by atoms with Crippen LogP contribution in [0.1, 0.15) is 142 Å². The number of aliphatic hydroxyl groups excluding tert-OH is 1. The second-order valence-electron chi connectivity index (χ2n) is 9.00. The van der Waals surface area contributed by atoms with Crippen molar-refractivity contribution in [3.05, 3.63) is 0 Å². The standard InChI is InChI=1S/C24H50O4S/c1-3-4-5-6-7-8-9-10-11-12-15-18-21-24(25)22-19-16-13-14-17-20-23(2)29(26,27)28/h23-25H,3-22H2,1-2H3,(H,26,27,28). The third-order valence-corrected chi connectivity index (χ3v) is 7.30. The third-order valence-electron chi connectivity index (χ3n) is 6.05. The largest absolute Gasteiger partial charge is 0.393 e. The normalized spacial score (nSPS) is 14.2. The van der Waals surface area contributed by atoms with Crippen molar-refractivity contribution in [1.82, 2.24) is 0 Å². The summed E-state index contributed by atoms with van der Waals surface area (Å²) in [5, 5.41) is 9.43. The highest BCUT2D eigenvalue weighted by molar-refractivity contribution is 7.86. The maximum absolute atomic E-state index is 10.9. The highest BCUT2D eigenvalue weighted by atomic mass is 32.2. The lowest BCUT2D eigenvalue weighted by atomic mass is 10.0. The Labute approximate surface area is 182 Å². The van der Waals surface area contributed by atoms with Gasteiger partial charge in [0, 0.05) is 0 Å². The topological polar surface area (TPSA) is 74.6 Å². The first-order valence-corrected chi connectivity index (χ1v) is 14.0. The molecule has 0 heterocycles. The second-order valence-corrected chi connectivity index (χ2v) is 10.8. The second kappa shape index (κ2) is 19.8. The minimum atomic E-state index is -3.87. The summed E-state index contributed by atoms with van der Waals surface area (Å²) in [6.45, 7) is 3.82. The number of unbranched alkanes of at least 4 members (excludes halogenated alkanes) is 15. The number of hydrogen-bond donors (Lipinski definition) is 2. The SMILES string of the molecule is CCCCCCCCCCCCCCC(O)CCCCCCCC(C)S(=O)(=O)O. The Morgan fingerprint density at radius 1 is 0.586 bits per heavy atom. The van der Waals surface area contributed by atoms with Crippen molar-refractivity contribution in [2.45, 2.75) is 154 Å². The van der Waals surface area contributed by atoms with E-state index in [4.69, 9.17) is 4.55 Å². The monoisotopic (exact) mass is 434 g/mol. The molecule has 0 rings (SSSR count). The van der Waals surface area contributed by atoms with Crippen molar-refractivity contribution in [1.29, 1.82) is 0 Å². The molecular formula is C24H50O4S. The molecule has 0 saturated carbocycles. The molecule has 0 aromatic heterocycles. The van der Waals surface area contributed by atoms with Gasteiger partial charge in [-0.15, -0.1) is 0 Å². The van der Waals surface area contributed by atoms with Gasteiger partial charge in [-0.25, -0.2) is 0 Å². The van der Waals surface area contributed by atoms with Gasteiger partial charge in [0.25, 0.3) is 10.1 Å². The van der Waals surface area contributed by atoms with E-state index >= 15 is 0 Å². The zero-order valence-corrected chi connectivity index (χ0v) is 20.2. The molecular weight excluding hydrogens is 384 g/mol. The summed E-state index contributed by atoms with van der Waals surface area (Å²) < 4.78 is 30.8. The van der Waals surface area contributed by atoms with Crippen molar-refractivity contribution in [3.63, 3.8) is 0 Å². The molecule has 2 atom stereocenters. The molecule has 0 aliphatic heterocycles. The first-order chi connectivity index (χ1) is 13.9. The van der Waals surface area contributed by atoms with E-state index in [1.54, 1.807) is 6.92 Å². The van der Waals surface area contributed by atoms with Gasteiger partial charge in [-0.05, 0) is 26.2 Å². The van der Waals surface area contributed by atoms with Gasteiger partial charge in [0.05, 0.1) is 11.4 Å². The van der Waals surface area contributed by atoms with Crippen LogP contribution in [0.5, 0.6) is 0 Å². The van der Waals surface area contributed by atoms with E-state index in [1.165, 1.54) is 70.6 Å². The van der Waals surface area contributed by atoms with Gasteiger partial charge in [0.1, 0.15) is 0 Å². The van der Waals surface area contributed by atoms with Crippen LogP contribution >= 0.6 is 0 Å². The van der Waals surface area contributed by atoms with Crippen molar-refractivity contribution >= 4 is 10.1 Å². The molecule has 2 N–H and O–H groups in total. The van der Waals surface area contributed by atoms with Gasteiger partial charge in [0.2, 0.25) is 0 Å². The first kappa shape index (κ1) is 28.9. The van der Waals surface area contributed by atoms with Crippen LogP contribution in [-0.2, 0) is 10.1 Å². The van der Waals surface area contributed by atoms with Crippen molar-refractivity contribution in [3.8, 4) is 0 Å². The Balaban J connectivity index is 3.27. The van der Waals surface area contributed by atoms with E-state index in [0.29, 0.717) is 6.42 Å². The Hall–Kier alpha value is -0.130. The fourth-order valence-corrected chi connectivity index (χ4v) is 4.32. The molecule has 0 amide bonds. The lowest BCUT2D eigenvalue weighted by Gasteiger charge is -2.10. The van der Waals surface area contributed by atoms with E-state index in [1.807, 2.05) is 0 Å². The van der Waals surface area contributed by atoms with Crippen molar-refractivity contribution < 1.29 is 18.1 Å². The Bertz CT molecular complexity index is 436. The quantitative estimate of drug-likeness (QED) is 0.137. The predicted molar refractivity (Wildman–Crippen MR) is 125 cm³/mol. The van der Waals surface area contributed by atoms with Gasteiger partial charge in [-0.1, -0.05) is 116 Å². The van der Waals surface area contributed by atoms with Gasteiger partial charge in [-0.2, -0.15) is 8.42 Å². The average molecular weight is 435 g/mol. The minimum absolute atomic E-state index is 0.155. The van der Waals surface area contributed by atoms with Crippen LogP contribution < -0.4 is 0 Å². The fourth-order valence-electron chi connectivity index (χ4n) is 3.86. The fraction of sp³-hybridized carbons (Fsp3) is 1.00. The molecule has 5 heteroatoms. The lowest BCUT2D eigenvalue weighted by Crippen LogP contribution is -2.16. The van der Waals surface area contributed by atoms with Crippen LogP contribution in [0.3, 0.4) is 0 Å². The van der Waals surface area contributed by atoms with E-state index in [9.17, 15) is 13.5 Å². The molecule has 0 spiro atoms. The molecule has 0 aromatic carbocycles. The van der Waals surface area contributed by atoms with Crippen LogP contribution in [0.15, 0.2) is 0 Å². The Kier molecular flexibility index (Phi) is 19.7. The van der Waals surface area contributed by atoms with Crippen molar-refractivity contribution in [2.75, 3.05) is 0 Å². The molecule has 0 fully saturated rings. The summed E-state index contributed by atoms with van der Waals surface area (Å²) in [7, 11) is -3.87. The summed E-state index contributed by atoms with van der Waals surface area (Å²) >= 11 is 0. The summed E-state index contributed by atoms with van der Waals surface area (Å²) in [5.41, 5.74) is 0. The third kappa shape index (κ3) is 20.9. The van der Waals surface area contributed by atoms with Crippen LogP contribution in [0.25, 0.3) is 0 Å². The molecule has 0 aliphatic carbocycles. The molecule has 4 nitrogen and oxygen atoms in total. The van der Waals surface area contributed by atoms with Gasteiger partial charge >= 0.3 is 0 Å². The van der Waals surface area contributed by atoms with Gasteiger partial charge in [-0.3, -0.25) is 4.55 Å². The molecule has 2 unspecified atom stereocenters. The highest BCUT2D eigenvalue weighted by Crippen LogP contribution is 2.16. The summed E-state index contributed by atoms with van der Waals surface area (Å²) in [5.74, 6) is 0. The minimum Gasteiger partial charge on any atom is -0.393 e. The number of aliphatic hydroxyl groups is 1. The van der Waals surface area contributed by atoms with E-state index < -0.39 is 15.4 Å². The molecule has 0 aliphatic rings. The van der Waals surface area contributed by atoms with Crippen molar-refractivity contribution in [2.24, 2.45) is 0 Å². The van der Waals surface area contributed by atoms with E-state index in [-0.39, 0.29) is 6.10 Å². The molecule has 29 heavy (non-hydrogen) atoms. The molecule has 0 saturated heterocycles. The number of hydrogen-bond acceptors (Lipinski definition) is 3. The zero-order valence-electron chi connectivity index (χ0n) is 19.4. The lowest BCUT2D eigenvalue weighted by molar-refractivity contribution is 0.147. The van der Waals surface area contributed by atoms with Crippen LogP contribution in [0.2, 0.25) is 0 Å². The zero-order chi connectivity index (χ0) is 21.8. The van der Waals surface area contributed by atoms with E-state index in [0.717, 1.165) is 51.4 Å². The van der Waals surface area contributed by atoms with Gasteiger partial charge < -0.3 is 5.11 Å². The molecule has 0 aromatic rings. The van der Waals surface area contributed by atoms with Crippen LogP contribution in [0.4, 0.5) is 0 Å². The average Bonchev–Trinajstić information content (AvgIpc) is 2.67. The summed E-state index contributed by atoms with van der Waals surface area (Å²) in [6.07, 6.45) is 23.4. The van der Waals surface area contributed by atoms with Crippen LogP contribution in [-0.4, -0.2) is 29.4 Å². The Morgan fingerprint density at radius 3 is 1.24 bits per heavy atom. The Morgan fingerprint density at radius 2 is 0.897 bits per heavy atom. The van der Waals surface area contributed by atoms with Crippen LogP contribution in [0, 0.1) is 0 Å². The maximum atomic E-state index is 10.9. The van der Waals surface area contributed by atoms with Gasteiger partial charge in [0.15, 0.2) is 0 Å². The molecule has 0 radical (unpaired) electrons. The summed E-state index contributed by atoms with van der Waals surface area (Å²) in [4.78, 5) is 0. The highest BCUT2D eigenvalue weighted by Gasteiger charge is 2.15. The smallest absolute Gasteiger partial charge is 0.267 e.